The Morgan fingerprint density at radius 1 is 1.53 bits per heavy atom. The van der Waals surface area contributed by atoms with Crippen LogP contribution in [0.4, 0.5) is 0 Å². The van der Waals surface area contributed by atoms with Crippen molar-refractivity contribution in [2.45, 2.75) is 45.4 Å². The minimum absolute atomic E-state index is 0.0143. The third kappa shape index (κ3) is 3.98. The van der Waals surface area contributed by atoms with E-state index in [0.29, 0.717) is 6.42 Å². The molecule has 0 aromatic carbocycles. The number of nitrogens with one attached hydrogen (secondary N) is 1. The molecule has 0 radical (unpaired) electrons. The summed E-state index contributed by atoms with van der Waals surface area (Å²) in [7, 11) is -3.54. The summed E-state index contributed by atoms with van der Waals surface area (Å²) in [5.74, 6) is 0. The smallest absolute Gasteiger partial charge is 0.221 e. The Morgan fingerprint density at radius 3 is 2.47 bits per heavy atom. The number of nitrogens with two attached hydrogens (primary N) is 1. The molecule has 1 aromatic heterocycles. The van der Waals surface area contributed by atoms with Gasteiger partial charge in [-0.05, 0) is 38.8 Å². The van der Waals surface area contributed by atoms with E-state index in [2.05, 4.69) is 4.72 Å². The van der Waals surface area contributed by atoms with Gasteiger partial charge in [-0.25, -0.2) is 13.1 Å². The normalized spacial score (nSPS) is 15.2. The summed E-state index contributed by atoms with van der Waals surface area (Å²) in [6, 6.07) is 1.73. The van der Waals surface area contributed by atoms with Crippen molar-refractivity contribution in [1.82, 2.24) is 4.72 Å². The highest BCUT2D eigenvalue weighted by atomic mass is 32.2. The maximum Gasteiger partial charge on any atom is 0.221 e. The van der Waals surface area contributed by atoms with Gasteiger partial charge < -0.3 is 5.73 Å². The van der Waals surface area contributed by atoms with Crippen molar-refractivity contribution in [2.24, 2.45) is 5.73 Å². The monoisotopic (exact) mass is 320 g/mol. The van der Waals surface area contributed by atoms with Crippen LogP contribution in [0, 0.1) is 13.8 Å². The lowest BCUT2D eigenvalue weighted by molar-refractivity contribution is 0.560. The SMILES string of the molecule is CCC(C(N)=S)S(=O)(=O)NC(C)c1cc(C)sc1C. The largest absolute Gasteiger partial charge is 0.392 e. The summed E-state index contributed by atoms with van der Waals surface area (Å²) in [5.41, 5.74) is 6.50. The van der Waals surface area contributed by atoms with Crippen LogP contribution < -0.4 is 10.5 Å². The van der Waals surface area contributed by atoms with E-state index in [-0.39, 0.29) is 11.0 Å². The van der Waals surface area contributed by atoms with Gasteiger partial charge in [0.1, 0.15) is 5.25 Å². The average molecular weight is 321 g/mol. The lowest BCUT2D eigenvalue weighted by atomic mass is 10.1. The number of thiophene rings is 1. The molecule has 4 nitrogen and oxygen atoms in total. The van der Waals surface area contributed by atoms with Crippen LogP contribution in [-0.2, 0) is 10.0 Å². The second kappa shape index (κ2) is 6.30. The molecular formula is C12H20N2O2S3. The molecule has 1 aromatic rings. The van der Waals surface area contributed by atoms with Gasteiger partial charge in [-0.1, -0.05) is 19.1 Å². The van der Waals surface area contributed by atoms with Gasteiger partial charge >= 0.3 is 0 Å². The number of aryl methyl sites for hydroxylation is 2. The van der Waals surface area contributed by atoms with Crippen LogP contribution in [0.5, 0.6) is 0 Å². The average Bonchev–Trinajstić information content (AvgIpc) is 2.56. The summed E-state index contributed by atoms with van der Waals surface area (Å²) in [4.78, 5) is 2.30. The fourth-order valence-electron chi connectivity index (χ4n) is 2.05. The maximum absolute atomic E-state index is 12.2. The zero-order valence-electron chi connectivity index (χ0n) is 11.6. The van der Waals surface area contributed by atoms with Gasteiger partial charge in [0.25, 0.3) is 0 Å². The first kappa shape index (κ1) is 16.6. The summed E-state index contributed by atoms with van der Waals surface area (Å²) < 4.78 is 27.1. The molecule has 0 saturated heterocycles. The molecule has 0 aliphatic carbocycles. The summed E-state index contributed by atoms with van der Waals surface area (Å²) in [6.45, 7) is 7.58. The number of thiocarbonyl (C=S) groups is 1. The Labute approximate surface area is 124 Å². The molecule has 1 rings (SSSR count). The molecular weight excluding hydrogens is 300 g/mol. The zero-order chi connectivity index (χ0) is 14.8. The van der Waals surface area contributed by atoms with Gasteiger partial charge in [0.2, 0.25) is 10.0 Å². The topological polar surface area (TPSA) is 72.2 Å². The summed E-state index contributed by atoms with van der Waals surface area (Å²) in [6.07, 6.45) is 0.374. The Balaban J connectivity index is 2.95. The Bertz CT molecular complexity index is 564. The van der Waals surface area contributed by atoms with E-state index in [9.17, 15) is 8.42 Å². The fraction of sp³-hybridized carbons (Fsp3) is 0.583. The van der Waals surface area contributed by atoms with Gasteiger partial charge in [0.15, 0.2) is 0 Å². The van der Waals surface area contributed by atoms with Crippen LogP contribution in [0.1, 0.15) is 41.6 Å². The maximum atomic E-state index is 12.2. The first-order valence-electron chi connectivity index (χ1n) is 6.06. The van der Waals surface area contributed by atoms with Crippen LogP contribution in [-0.4, -0.2) is 18.7 Å². The third-order valence-corrected chi connectivity index (χ3v) is 6.38. The summed E-state index contributed by atoms with van der Waals surface area (Å²) in [5, 5.41) is -0.815. The fourth-order valence-corrected chi connectivity index (χ4v) is 5.14. The molecule has 0 amide bonds. The Hall–Kier alpha value is -0.500. The Morgan fingerprint density at radius 2 is 2.11 bits per heavy atom. The number of rotatable bonds is 6. The van der Waals surface area contributed by atoms with Crippen LogP contribution in [0.25, 0.3) is 0 Å². The number of sulfonamides is 1. The molecule has 1 heterocycles. The quantitative estimate of drug-likeness (QED) is 0.790. The van der Waals surface area contributed by atoms with Crippen molar-refractivity contribution >= 4 is 38.6 Å². The van der Waals surface area contributed by atoms with Crippen LogP contribution in [0.2, 0.25) is 0 Å². The molecule has 108 valence electrons. The lowest BCUT2D eigenvalue weighted by Gasteiger charge is -2.19. The molecule has 19 heavy (non-hydrogen) atoms. The van der Waals surface area contributed by atoms with Crippen LogP contribution in [0.3, 0.4) is 0 Å². The molecule has 2 unspecified atom stereocenters. The van der Waals surface area contributed by atoms with E-state index in [4.69, 9.17) is 18.0 Å². The highest BCUT2D eigenvalue weighted by Gasteiger charge is 2.28. The third-order valence-electron chi connectivity index (χ3n) is 2.95. The molecule has 0 aliphatic rings. The second-order valence-electron chi connectivity index (χ2n) is 4.55. The van der Waals surface area contributed by atoms with E-state index >= 15 is 0 Å². The van der Waals surface area contributed by atoms with Crippen molar-refractivity contribution in [3.8, 4) is 0 Å². The van der Waals surface area contributed by atoms with Gasteiger partial charge in [-0.2, -0.15) is 0 Å². The minimum Gasteiger partial charge on any atom is -0.392 e. The Kier molecular flexibility index (Phi) is 5.49. The molecule has 0 fully saturated rings. The molecule has 3 N–H and O–H groups in total. The molecule has 0 spiro atoms. The van der Waals surface area contributed by atoms with E-state index < -0.39 is 15.3 Å². The predicted molar refractivity (Wildman–Crippen MR) is 85.1 cm³/mol. The van der Waals surface area contributed by atoms with Gasteiger partial charge in [0.05, 0.1) is 4.99 Å². The molecule has 0 saturated carbocycles. The van der Waals surface area contributed by atoms with Crippen molar-refractivity contribution in [3.05, 3.63) is 21.4 Å². The van der Waals surface area contributed by atoms with E-state index in [1.54, 1.807) is 18.3 Å². The first-order valence-corrected chi connectivity index (χ1v) is 8.83. The number of hydrogen-bond donors (Lipinski definition) is 2. The highest BCUT2D eigenvalue weighted by molar-refractivity contribution is 7.93. The minimum atomic E-state index is -3.54. The van der Waals surface area contributed by atoms with Crippen molar-refractivity contribution in [1.29, 1.82) is 0 Å². The van der Waals surface area contributed by atoms with Crippen molar-refractivity contribution < 1.29 is 8.42 Å². The van der Waals surface area contributed by atoms with Crippen LogP contribution in [0.15, 0.2) is 6.07 Å². The molecule has 7 heteroatoms. The van der Waals surface area contributed by atoms with Crippen molar-refractivity contribution in [2.75, 3.05) is 0 Å². The number of hydrogen-bond acceptors (Lipinski definition) is 4. The predicted octanol–water partition coefficient (Wildman–Crippen LogP) is 2.41. The van der Waals surface area contributed by atoms with Crippen molar-refractivity contribution in [3.63, 3.8) is 0 Å². The molecule has 0 bridgehead atoms. The van der Waals surface area contributed by atoms with Gasteiger partial charge in [0, 0.05) is 15.8 Å². The van der Waals surface area contributed by atoms with Gasteiger partial charge in [-0.15, -0.1) is 11.3 Å². The standard InChI is InChI=1S/C12H20N2O2S3/c1-5-11(12(13)17)19(15,16)14-8(3)10-6-7(2)18-9(10)4/h6,8,11,14H,5H2,1-4H3,(H2,13,17). The summed E-state index contributed by atoms with van der Waals surface area (Å²) >= 11 is 6.48. The second-order valence-corrected chi connectivity index (χ2v) is 8.38. The van der Waals surface area contributed by atoms with E-state index in [0.717, 1.165) is 10.4 Å². The van der Waals surface area contributed by atoms with E-state index in [1.807, 2.05) is 26.8 Å². The van der Waals surface area contributed by atoms with E-state index in [1.165, 1.54) is 4.88 Å². The van der Waals surface area contributed by atoms with Gasteiger partial charge in [-0.3, -0.25) is 0 Å². The molecule has 0 aliphatic heterocycles. The first-order chi connectivity index (χ1) is 8.69. The molecule has 2 atom stereocenters. The highest BCUT2D eigenvalue weighted by Crippen LogP contribution is 2.27. The lowest BCUT2D eigenvalue weighted by Crippen LogP contribution is -2.42. The zero-order valence-corrected chi connectivity index (χ0v) is 14.0. The van der Waals surface area contributed by atoms with Crippen LogP contribution >= 0.6 is 23.6 Å².